The second kappa shape index (κ2) is 3.89. The molecule has 0 radical (unpaired) electrons. The van der Waals surface area contributed by atoms with Gasteiger partial charge in [-0.05, 0) is 48.1 Å². The lowest BCUT2D eigenvalue weighted by molar-refractivity contribution is 0.0311. The molecule has 2 nitrogen and oxygen atoms in total. The van der Waals surface area contributed by atoms with Gasteiger partial charge in [0, 0.05) is 18.6 Å². The molecule has 3 heteroatoms. The second-order valence-electron chi connectivity index (χ2n) is 4.81. The molecule has 0 amide bonds. The number of hydrogen-bond donors (Lipinski definition) is 1. The summed E-state index contributed by atoms with van der Waals surface area (Å²) < 4.78 is 0. The van der Waals surface area contributed by atoms with Gasteiger partial charge in [-0.25, -0.2) is 0 Å². The van der Waals surface area contributed by atoms with E-state index in [2.05, 4.69) is 21.7 Å². The van der Waals surface area contributed by atoms with E-state index in [-0.39, 0.29) is 6.10 Å². The zero-order valence-corrected chi connectivity index (χ0v) is 9.62. The average Bonchev–Trinajstić information content (AvgIpc) is 2.77. The van der Waals surface area contributed by atoms with Gasteiger partial charge in [-0.2, -0.15) is 11.3 Å². The highest BCUT2D eigenvalue weighted by Crippen LogP contribution is 2.36. The molecule has 15 heavy (non-hydrogen) atoms. The first kappa shape index (κ1) is 9.82. The zero-order valence-electron chi connectivity index (χ0n) is 8.80. The van der Waals surface area contributed by atoms with Crippen molar-refractivity contribution in [2.75, 3.05) is 0 Å². The monoisotopic (exact) mass is 223 g/mol. The van der Waals surface area contributed by atoms with Crippen molar-refractivity contribution >= 4 is 11.3 Å². The first-order valence-corrected chi connectivity index (χ1v) is 6.72. The summed E-state index contributed by atoms with van der Waals surface area (Å²) in [5.41, 5.74) is 1.44. The van der Waals surface area contributed by atoms with E-state index in [0.29, 0.717) is 12.1 Å². The number of hydrogen-bond acceptors (Lipinski definition) is 3. The topological polar surface area (TPSA) is 23.5 Å². The molecule has 82 valence electrons. The highest BCUT2D eigenvalue weighted by Gasteiger charge is 2.39. The fraction of sp³-hybridized carbons (Fsp3) is 0.667. The van der Waals surface area contributed by atoms with Gasteiger partial charge in [0.1, 0.15) is 0 Å². The SMILES string of the molecule is OC1CC2CCC(C1)N2Cc1ccsc1. The van der Waals surface area contributed by atoms with E-state index in [4.69, 9.17) is 0 Å². The Morgan fingerprint density at radius 1 is 1.33 bits per heavy atom. The highest BCUT2D eigenvalue weighted by atomic mass is 32.1. The summed E-state index contributed by atoms with van der Waals surface area (Å²) in [7, 11) is 0. The summed E-state index contributed by atoms with van der Waals surface area (Å²) in [6.45, 7) is 1.09. The Kier molecular flexibility index (Phi) is 2.54. The van der Waals surface area contributed by atoms with Crippen molar-refractivity contribution in [1.82, 2.24) is 4.90 Å². The molecule has 2 unspecified atom stereocenters. The van der Waals surface area contributed by atoms with E-state index in [1.54, 1.807) is 11.3 Å². The number of aliphatic hydroxyl groups is 1. The minimum Gasteiger partial charge on any atom is -0.393 e. The molecule has 3 heterocycles. The summed E-state index contributed by atoms with van der Waals surface area (Å²) in [6.07, 6.45) is 4.50. The number of piperidine rings is 1. The molecule has 2 fully saturated rings. The van der Waals surface area contributed by atoms with Gasteiger partial charge < -0.3 is 5.11 Å². The fourth-order valence-electron chi connectivity index (χ4n) is 3.10. The van der Waals surface area contributed by atoms with Crippen LogP contribution in [0.1, 0.15) is 31.2 Å². The highest BCUT2D eigenvalue weighted by molar-refractivity contribution is 7.07. The standard InChI is InChI=1S/C12H17NOS/c14-12-5-10-1-2-11(6-12)13(10)7-9-3-4-15-8-9/h3-4,8,10-12,14H,1-2,5-7H2. The molecular weight excluding hydrogens is 206 g/mol. The van der Waals surface area contributed by atoms with Gasteiger partial charge >= 0.3 is 0 Å². The number of fused-ring (bicyclic) bond motifs is 2. The van der Waals surface area contributed by atoms with Crippen LogP contribution in [0.25, 0.3) is 0 Å². The maximum absolute atomic E-state index is 9.71. The molecule has 0 spiro atoms. The van der Waals surface area contributed by atoms with Gasteiger partial charge in [0.05, 0.1) is 6.10 Å². The maximum atomic E-state index is 9.71. The number of thiophene rings is 1. The Morgan fingerprint density at radius 3 is 2.67 bits per heavy atom. The van der Waals surface area contributed by atoms with Gasteiger partial charge in [0.2, 0.25) is 0 Å². The smallest absolute Gasteiger partial charge is 0.0570 e. The maximum Gasteiger partial charge on any atom is 0.0570 e. The third-order valence-electron chi connectivity index (χ3n) is 3.80. The third-order valence-corrected chi connectivity index (χ3v) is 4.54. The normalized spacial score (nSPS) is 35.9. The average molecular weight is 223 g/mol. The Hall–Kier alpha value is -0.380. The first-order valence-electron chi connectivity index (χ1n) is 5.78. The molecule has 2 atom stereocenters. The van der Waals surface area contributed by atoms with E-state index in [0.717, 1.165) is 19.4 Å². The Balaban J connectivity index is 1.72. The van der Waals surface area contributed by atoms with Crippen molar-refractivity contribution in [2.24, 2.45) is 0 Å². The van der Waals surface area contributed by atoms with Crippen molar-refractivity contribution in [2.45, 2.75) is 50.4 Å². The summed E-state index contributed by atoms with van der Waals surface area (Å²) in [6, 6.07) is 3.49. The van der Waals surface area contributed by atoms with Crippen LogP contribution in [-0.2, 0) is 6.54 Å². The van der Waals surface area contributed by atoms with Gasteiger partial charge in [-0.15, -0.1) is 0 Å². The van der Waals surface area contributed by atoms with Crippen molar-refractivity contribution in [3.63, 3.8) is 0 Å². The van der Waals surface area contributed by atoms with Crippen molar-refractivity contribution in [1.29, 1.82) is 0 Å². The van der Waals surface area contributed by atoms with Crippen molar-refractivity contribution < 1.29 is 5.11 Å². The van der Waals surface area contributed by atoms with Crippen LogP contribution in [0.15, 0.2) is 16.8 Å². The van der Waals surface area contributed by atoms with E-state index in [1.807, 2.05) is 0 Å². The van der Waals surface area contributed by atoms with E-state index >= 15 is 0 Å². The van der Waals surface area contributed by atoms with Crippen LogP contribution in [-0.4, -0.2) is 28.2 Å². The zero-order chi connectivity index (χ0) is 10.3. The van der Waals surface area contributed by atoms with Gasteiger partial charge in [-0.3, -0.25) is 4.90 Å². The minimum absolute atomic E-state index is 0.0405. The molecule has 2 aliphatic heterocycles. The van der Waals surface area contributed by atoms with Crippen molar-refractivity contribution in [3.8, 4) is 0 Å². The fourth-order valence-corrected chi connectivity index (χ4v) is 3.76. The van der Waals surface area contributed by atoms with Crippen LogP contribution < -0.4 is 0 Å². The molecule has 1 aromatic rings. The quantitative estimate of drug-likeness (QED) is 0.831. The Bertz CT molecular complexity index is 310. The summed E-state index contributed by atoms with van der Waals surface area (Å²) in [5, 5.41) is 14.1. The van der Waals surface area contributed by atoms with Gasteiger partial charge in [-0.1, -0.05) is 0 Å². The number of aliphatic hydroxyl groups excluding tert-OH is 1. The molecule has 0 saturated carbocycles. The molecule has 3 rings (SSSR count). The number of rotatable bonds is 2. The summed E-state index contributed by atoms with van der Waals surface area (Å²) in [5.74, 6) is 0. The Labute approximate surface area is 94.5 Å². The van der Waals surface area contributed by atoms with Crippen LogP contribution in [0.2, 0.25) is 0 Å². The lowest BCUT2D eigenvalue weighted by atomic mass is 9.99. The van der Waals surface area contributed by atoms with Crippen LogP contribution in [0.5, 0.6) is 0 Å². The molecule has 0 aliphatic carbocycles. The molecule has 2 bridgehead atoms. The van der Waals surface area contributed by atoms with Crippen molar-refractivity contribution in [3.05, 3.63) is 22.4 Å². The molecule has 0 aromatic carbocycles. The van der Waals surface area contributed by atoms with Crippen LogP contribution in [0, 0.1) is 0 Å². The summed E-state index contributed by atoms with van der Waals surface area (Å²) in [4.78, 5) is 2.61. The molecule has 1 aromatic heterocycles. The van der Waals surface area contributed by atoms with E-state index in [9.17, 15) is 5.11 Å². The lowest BCUT2D eigenvalue weighted by Gasteiger charge is -2.36. The molecule has 2 aliphatic rings. The number of nitrogens with zero attached hydrogens (tertiary/aromatic N) is 1. The lowest BCUT2D eigenvalue weighted by Crippen LogP contribution is -2.43. The van der Waals surface area contributed by atoms with Crippen LogP contribution in [0.3, 0.4) is 0 Å². The molecule has 1 N–H and O–H groups in total. The minimum atomic E-state index is -0.0405. The van der Waals surface area contributed by atoms with Crippen LogP contribution >= 0.6 is 11.3 Å². The van der Waals surface area contributed by atoms with Gasteiger partial charge in [0.25, 0.3) is 0 Å². The van der Waals surface area contributed by atoms with E-state index in [1.165, 1.54) is 18.4 Å². The predicted octanol–water partition coefficient (Wildman–Crippen LogP) is 2.24. The first-order chi connectivity index (χ1) is 7.33. The summed E-state index contributed by atoms with van der Waals surface area (Å²) >= 11 is 1.78. The predicted molar refractivity (Wildman–Crippen MR) is 61.9 cm³/mol. The van der Waals surface area contributed by atoms with Crippen LogP contribution in [0.4, 0.5) is 0 Å². The largest absolute Gasteiger partial charge is 0.393 e. The second-order valence-corrected chi connectivity index (χ2v) is 5.59. The third kappa shape index (κ3) is 1.84. The molecule has 2 saturated heterocycles. The van der Waals surface area contributed by atoms with E-state index < -0.39 is 0 Å². The molecular formula is C12H17NOS. The van der Waals surface area contributed by atoms with Gasteiger partial charge in [0.15, 0.2) is 0 Å². The Morgan fingerprint density at radius 2 is 2.07 bits per heavy atom.